The Labute approximate surface area is 188 Å². The highest BCUT2D eigenvalue weighted by Crippen LogP contribution is 2.30. The van der Waals surface area contributed by atoms with Crippen molar-refractivity contribution in [2.24, 2.45) is 4.99 Å². The lowest BCUT2D eigenvalue weighted by atomic mass is 10.00. The first kappa shape index (κ1) is 22.6. The summed E-state index contributed by atoms with van der Waals surface area (Å²) in [5.74, 6) is 1.55. The van der Waals surface area contributed by atoms with Crippen LogP contribution in [0.25, 0.3) is 11.3 Å². The zero-order chi connectivity index (χ0) is 22.4. The van der Waals surface area contributed by atoms with Crippen LogP contribution in [0.3, 0.4) is 0 Å². The van der Waals surface area contributed by atoms with Gasteiger partial charge in [-0.3, -0.25) is 9.98 Å². The molecule has 1 aromatic carbocycles. The van der Waals surface area contributed by atoms with Crippen molar-refractivity contribution in [1.82, 2.24) is 20.5 Å². The van der Waals surface area contributed by atoms with E-state index in [0.29, 0.717) is 0 Å². The number of nitrogens with one attached hydrogen (secondary N) is 1. The maximum absolute atomic E-state index is 5.69. The van der Waals surface area contributed by atoms with E-state index in [4.69, 9.17) is 9.73 Å². The summed E-state index contributed by atoms with van der Waals surface area (Å²) < 4.78 is 5.69. The number of benzene rings is 1. The molecule has 31 heavy (non-hydrogen) atoms. The number of nitrogens with zero attached hydrogens (tertiary/aromatic N) is 4. The van der Waals surface area contributed by atoms with Crippen molar-refractivity contribution in [3.63, 3.8) is 0 Å². The summed E-state index contributed by atoms with van der Waals surface area (Å²) >= 11 is 1.56. The van der Waals surface area contributed by atoms with Gasteiger partial charge in [-0.05, 0) is 64.1 Å². The Morgan fingerprint density at radius 2 is 2.03 bits per heavy atom. The first-order chi connectivity index (χ1) is 14.9. The van der Waals surface area contributed by atoms with Crippen LogP contribution in [-0.2, 0) is 0 Å². The first-order valence-electron chi connectivity index (χ1n) is 10.3. The Kier molecular flexibility index (Phi) is 7.52. The molecular formula is C24H29N5OS. The van der Waals surface area contributed by atoms with E-state index in [0.717, 1.165) is 56.0 Å². The molecule has 1 atom stereocenters. The van der Waals surface area contributed by atoms with Crippen molar-refractivity contribution in [2.75, 3.05) is 7.11 Å². The fraction of sp³-hybridized carbons (Fsp3) is 0.333. The molecule has 2 aromatic heterocycles. The van der Waals surface area contributed by atoms with E-state index in [1.54, 1.807) is 18.4 Å². The standard InChI is InChI=1S/C24H29N5OS/c1-7-8-11-25-23(27-17(4)24-29-28-18(5)31-24)20-12-19(13-22(30-6)16(20)3)21-10-9-15(2)14-26-21/h8-14,17H,7H2,1-6H3,(H,25,27)/b11-8+. The molecule has 7 heteroatoms. The third-order valence-electron chi connectivity index (χ3n) is 4.84. The Morgan fingerprint density at radius 1 is 1.23 bits per heavy atom. The second-order valence-electron chi connectivity index (χ2n) is 7.34. The number of ether oxygens (including phenoxy) is 1. The molecule has 0 spiro atoms. The molecule has 0 saturated carbocycles. The lowest BCUT2D eigenvalue weighted by Crippen LogP contribution is -2.21. The number of pyridine rings is 1. The van der Waals surface area contributed by atoms with Gasteiger partial charge < -0.3 is 10.1 Å². The van der Waals surface area contributed by atoms with Gasteiger partial charge >= 0.3 is 0 Å². The second-order valence-corrected chi connectivity index (χ2v) is 8.55. The molecule has 0 fully saturated rings. The van der Waals surface area contributed by atoms with E-state index >= 15 is 0 Å². The van der Waals surface area contributed by atoms with Crippen LogP contribution in [-0.4, -0.2) is 28.1 Å². The molecule has 3 aromatic rings. The van der Waals surface area contributed by atoms with Crippen LogP contribution in [0.2, 0.25) is 0 Å². The monoisotopic (exact) mass is 435 g/mol. The van der Waals surface area contributed by atoms with Gasteiger partial charge in [0.15, 0.2) is 0 Å². The van der Waals surface area contributed by atoms with Crippen molar-refractivity contribution in [3.8, 4) is 17.0 Å². The van der Waals surface area contributed by atoms with Gasteiger partial charge in [-0.15, -0.1) is 10.2 Å². The Balaban J connectivity index is 2.12. The molecule has 0 saturated heterocycles. The molecule has 1 unspecified atom stereocenters. The minimum absolute atomic E-state index is 0.129. The molecule has 0 radical (unpaired) electrons. The fourth-order valence-electron chi connectivity index (χ4n) is 3.10. The average Bonchev–Trinajstić information content (AvgIpc) is 3.20. The van der Waals surface area contributed by atoms with Crippen LogP contribution in [0.4, 0.5) is 0 Å². The molecule has 0 bridgehead atoms. The average molecular weight is 436 g/mol. The maximum atomic E-state index is 5.69. The van der Waals surface area contributed by atoms with Gasteiger partial charge in [0.25, 0.3) is 0 Å². The highest BCUT2D eigenvalue weighted by molar-refractivity contribution is 7.11. The number of rotatable bonds is 7. The number of hydrogen-bond donors (Lipinski definition) is 1. The van der Waals surface area contributed by atoms with Crippen molar-refractivity contribution in [3.05, 3.63) is 69.4 Å². The van der Waals surface area contributed by atoms with Crippen molar-refractivity contribution >= 4 is 17.2 Å². The summed E-state index contributed by atoms with van der Waals surface area (Å²) in [4.78, 5) is 9.57. The minimum atomic E-state index is -0.129. The van der Waals surface area contributed by atoms with Gasteiger partial charge in [0, 0.05) is 22.9 Å². The predicted molar refractivity (Wildman–Crippen MR) is 128 cm³/mol. The number of methoxy groups -OCH3 is 1. The van der Waals surface area contributed by atoms with Crippen LogP contribution in [0, 0.1) is 20.8 Å². The largest absolute Gasteiger partial charge is 0.496 e. The summed E-state index contributed by atoms with van der Waals surface area (Å²) in [6.45, 7) is 10.2. The van der Waals surface area contributed by atoms with Crippen molar-refractivity contribution < 1.29 is 4.74 Å². The normalized spacial score (nSPS) is 12.9. The highest BCUT2D eigenvalue weighted by atomic mass is 32.1. The van der Waals surface area contributed by atoms with Crippen LogP contribution >= 0.6 is 11.3 Å². The summed E-state index contributed by atoms with van der Waals surface area (Å²) in [6, 6.07) is 8.09. The van der Waals surface area contributed by atoms with Gasteiger partial charge in [0.05, 0.1) is 12.8 Å². The number of aryl methyl sites for hydroxylation is 2. The molecule has 0 aliphatic rings. The summed E-state index contributed by atoms with van der Waals surface area (Å²) in [7, 11) is 1.69. The number of amidine groups is 1. The SMILES string of the molecule is CC/C=C/NC(=NC(C)c1nnc(C)s1)c1cc(-c2ccc(C)cn2)cc(OC)c1C. The van der Waals surface area contributed by atoms with Crippen molar-refractivity contribution in [1.29, 1.82) is 0 Å². The molecule has 0 aliphatic heterocycles. The van der Waals surface area contributed by atoms with Crippen molar-refractivity contribution in [2.45, 2.75) is 47.1 Å². The van der Waals surface area contributed by atoms with E-state index in [1.165, 1.54) is 0 Å². The van der Waals surface area contributed by atoms with E-state index < -0.39 is 0 Å². The van der Waals surface area contributed by atoms with Gasteiger partial charge in [0.2, 0.25) is 0 Å². The molecule has 6 nitrogen and oxygen atoms in total. The zero-order valence-corrected chi connectivity index (χ0v) is 19.7. The summed E-state index contributed by atoms with van der Waals surface area (Å²) in [5, 5.41) is 13.6. The third-order valence-corrected chi connectivity index (χ3v) is 5.85. The van der Waals surface area contributed by atoms with Gasteiger partial charge in [-0.1, -0.05) is 30.4 Å². The molecule has 2 heterocycles. The molecule has 0 amide bonds. The van der Waals surface area contributed by atoms with Gasteiger partial charge in [-0.2, -0.15) is 0 Å². The highest BCUT2D eigenvalue weighted by Gasteiger charge is 2.17. The first-order valence-corrected chi connectivity index (χ1v) is 11.2. The van der Waals surface area contributed by atoms with Crippen LogP contribution in [0.15, 0.2) is 47.7 Å². The van der Waals surface area contributed by atoms with E-state index in [2.05, 4.69) is 45.6 Å². The Bertz CT molecular complexity index is 1090. The number of aliphatic imine (C=N–C) groups is 1. The molecular weight excluding hydrogens is 406 g/mol. The Hall–Kier alpha value is -3.06. The smallest absolute Gasteiger partial charge is 0.141 e. The van der Waals surface area contributed by atoms with Gasteiger partial charge in [0.1, 0.15) is 27.6 Å². The topological polar surface area (TPSA) is 72.3 Å². The fourth-order valence-corrected chi connectivity index (χ4v) is 3.79. The summed E-state index contributed by atoms with van der Waals surface area (Å²) in [5.41, 5.74) is 4.96. The quantitative estimate of drug-likeness (QED) is 0.389. The van der Waals surface area contributed by atoms with E-state index in [-0.39, 0.29) is 6.04 Å². The zero-order valence-electron chi connectivity index (χ0n) is 18.9. The minimum Gasteiger partial charge on any atom is -0.496 e. The van der Waals surface area contributed by atoms with Crippen LogP contribution in [0.1, 0.15) is 53.0 Å². The molecule has 3 rings (SSSR count). The van der Waals surface area contributed by atoms with Crippen LogP contribution < -0.4 is 10.1 Å². The second kappa shape index (κ2) is 10.3. The van der Waals surface area contributed by atoms with E-state index in [1.807, 2.05) is 52.2 Å². The third kappa shape index (κ3) is 5.55. The lowest BCUT2D eigenvalue weighted by molar-refractivity contribution is 0.411. The molecule has 162 valence electrons. The van der Waals surface area contributed by atoms with Gasteiger partial charge in [-0.25, -0.2) is 0 Å². The Morgan fingerprint density at radius 3 is 2.65 bits per heavy atom. The number of allylic oxidation sites excluding steroid dienone is 1. The van der Waals surface area contributed by atoms with Crippen LogP contribution in [0.5, 0.6) is 5.75 Å². The van der Waals surface area contributed by atoms with E-state index in [9.17, 15) is 0 Å². The molecule has 1 N–H and O–H groups in total. The maximum Gasteiger partial charge on any atom is 0.141 e. The summed E-state index contributed by atoms with van der Waals surface area (Å²) in [6.07, 6.45) is 6.80. The predicted octanol–water partition coefficient (Wildman–Crippen LogP) is 5.56. The lowest BCUT2D eigenvalue weighted by Gasteiger charge is -2.17. The number of hydrogen-bond acceptors (Lipinski definition) is 6. The molecule has 0 aliphatic carbocycles. The number of aromatic nitrogens is 3.